The monoisotopic (exact) mass is 391 g/mol. The Morgan fingerprint density at radius 1 is 1.14 bits per heavy atom. The lowest BCUT2D eigenvalue weighted by molar-refractivity contribution is -0.133. The average molecular weight is 392 g/mol. The van der Waals surface area contributed by atoms with Gasteiger partial charge in [0.1, 0.15) is 11.5 Å². The Morgan fingerprint density at radius 2 is 1.96 bits per heavy atom. The Morgan fingerprint density at radius 3 is 2.71 bits per heavy atom. The number of fused-ring (bicyclic) bond motifs is 1. The smallest absolute Gasteiger partial charge is 0.315 e. The first kappa shape index (κ1) is 17.9. The molecule has 0 saturated carbocycles. The highest BCUT2D eigenvalue weighted by Gasteiger charge is 2.28. The number of esters is 1. The van der Waals surface area contributed by atoms with Crippen molar-refractivity contribution >= 4 is 29.4 Å². The summed E-state index contributed by atoms with van der Waals surface area (Å²) in [5, 5.41) is 0.604. The molecule has 0 aliphatic carbocycles. The van der Waals surface area contributed by atoms with Gasteiger partial charge in [0.2, 0.25) is 5.78 Å². The molecule has 28 heavy (non-hydrogen) atoms. The number of ketones is 1. The molecule has 0 unspecified atom stereocenters. The molecule has 0 saturated heterocycles. The van der Waals surface area contributed by atoms with Crippen LogP contribution >= 0.6 is 11.6 Å². The predicted molar refractivity (Wildman–Crippen MR) is 104 cm³/mol. The van der Waals surface area contributed by atoms with E-state index in [4.69, 9.17) is 21.1 Å². The number of pyridine rings is 1. The van der Waals surface area contributed by atoms with E-state index in [2.05, 4.69) is 4.98 Å². The second-order valence-electron chi connectivity index (χ2n) is 6.16. The van der Waals surface area contributed by atoms with Gasteiger partial charge in [-0.2, -0.15) is 0 Å². The number of hydrogen-bond donors (Lipinski definition) is 0. The Balaban J connectivity index is 1.47. The van der Waals surface area contributed by atoms with Crippen molar-refractivity contribution in [2.24, 2.45) is 0 Å². The SMILES string of the molecule is O=C(Cc1ccc(Cl)cc1)Oc1ccc2c(c1)O/C(=C\c1cccnc1)C2=O. The molecule has 1 aliphatic heterocycles. The summed E-state index contributed by atoms with van der Waals surface area (Å²) in [5.41, 5.74) is 1.98. The van der Waals surface area contributed by atoms with Crippen LogP contribution in [0.5, 0.6) is 11.5 Å². The minimum atomic E-state index is -0.419. The first-order valence-corrected chi connectivity index (χ1v) is 8.90. The molecular weight excluding hydrogens is 378 g/mol. The minimum Gasteiger partial charge on any atom is -0.452 e. The number of nitrogens with zero attached hydrogens (tertiary/aromatic N) is 1. The number of Topliss-reactive ketones (excluding diaryl/α,β-unsaturated/α-hetero) is 1. The van der Waals surface area contributed by atoms with E-state index in [1.165, 1.54) is 6.07 Å². The minimum absolute atomic E-state index is 0.111. The summed E-state index contributed by atoms with van der Waals surface area (Å²) in [5.74, 6) is 0.230. The van der Waals surface area contributed by atoms with Crippen LogP contribution in [-0.4, -0.2) is 16.7 Å². The number of allylic oxidation sites excluding steroid dienone is 1. The van der Waals surface area contributed by atoms with Gasteiger partial charge < -0.3 is 9.47 Å². The number of aromatic nitrogens is 1. The van der Waals surface area contributed by atoms with Crippen molar-refractivity contribution in [3.05, 3.63) is 94.5 Å². The maximum Gasteiger partial charge on any atom is 0.315 e. The molecule has 1 aliphatic rings. The lowest BCUT2D eigenvalue weighted by atomic mass is 10.1. The van der Waals surface area contributed by atoms with Gasteiger partial charge in [0, 0.05) is 23.5 Å². The molecule has 0 N–H and O–H groups in total. The zero-order valence-electron chi connectivity index (χ0n) is 14.6. The number of carbonyl (C=O) groups is 2. The fourth-order valence-corrected chi connectivity index (χ4v) is 2.91. The molecule has 138 valence electrons. The van der Waals surface area contributed by atoms with E-state index >= 15 is 0 Å². The highest BCUT2D eigenvalue weighted by atomic mass is 35.5. The molecule has 0 spiro atoms. The molecule has 2 aromatic carbocycles. The van der Waals surface area contributed by atoms with Crippen molar-refractivity contribution in [3.8, 4) is 11.5 Å². The quantitative estimate of drug-likeness (QED) is 0.372. The number of hydrogen-bond acceptors (Lipinski definition) is 5. The van der Waals surface area contributed by atoms with Crippen LogP contribution in [0.1, 0.15) is 21.5 Å². The summed E-state index contributed by atoms with van der Waals surface area (Å²) >= 11 is 5.84. The standard InChI is InChI=1S/C22H14ClNO4/c23-16-5-3-14(4-6-16)11-21(25)27-17-7-8-18-19(12-17)28-20(22(18)26)10-15-2-1-9-24-13-15/h1-10,12-13H,11H2/b20-10-. The third-order valence-electron chi connectivity index (χ3n) is 4.12. The lowest BCUT2D eigenvalue weighted by Crippen LogP contribution is -2.11. The number of rotatable bonds is 4. The summed E-state index contributed by atoms with van der Waals surface area (Å²) in [6.07, 6.45) is 5.02. The first-order valence-electron chi connectivity index (χ1n) is 8.52. The number of halogens is 1. The summed E-state index contributed by atoms with van der Waals surface area (Å²) < 4.78 is 11.0. The molecule has 0 bridgehead atoms. The van der Waals surface area contributed by atoms with Crippen LogP contribution < -0.4 is 9.47 Å². The predicted octanol–water partition coefficient (Wildman–Crippen LogP) is 4.50. The molecule has 0 amide bonds. The summed E-state index contributed by atoms with van der Waals surface area (Å²) in [6, 6.07) is 15.3. The molecule has 3 aromatic rings. The molecule has 6 heteroatoms. The van der Waals surface area contributed by atoms with Crippen LogP contribution in [0.2, 0.25) is 5.02 Å². The Hall–Kier alpha value is -3.44. The molecule has 1 aromatic heterocycles. The third kappa shape index (κ3) is 3.94. The molecular formula is C22H14ClNO4. The zero-order chi connectivity index (χ0) is 19.5. The normalized spacial score (nSPS) is 13.9. The van der Waals surface area contributed by atoms with Gasteiger partial charge >= 0.3 is 5.97 Å². The maximum atomic E-state index is 12.5. The Bertz CT molecular complexity index is 1080. The maximum absolute atomic E-state index is 12.5. The molecule has 4 rings (SSSR count). The van der Waals surface area contributed by atoms with Crippen LogP contribution in [0, 0.1) is 0 Å². The number of benzene rings is 2. The molecule has 0 radical (unpaired) electrons. The summed E-state index contributed by atoms with van der Waals surface area (Å²) in [7, 11) is 0. The van der Waals surface area contributed by atoms with Crippen LogP contribution in [0.15, 0.2) is 72.8 Å². The zero-order valence-corrected chi connectivity index (χ0v) is 15.3. The van der Waals surface area contributed by atoms with E-state index in [1.54, 1.807) is 60.9 Å². The topological polar surface area (TPSA) is 65.5 Å². The van der Waals surface area contributed by atoms with Crippen molar-refractivity contribution in [1.82, 2.24) is 4.98 Å². The van der Waals surface area contributed by atoms with Gasteiger partial charge in [-0.25, -0.2) is 0 Å². The van der Waals surface area contributed by atoms with Crippen molar-refractivity contribution in [2.45, 2.75) is 6.42 Å². The number of ether oxygens (including phenoxy) is 2. The van der Waals surface area contributed by atoms with E-state index in [9.17, 15) is 9.59 Å². The van der Waals surface area contributed by atoms with Gasteiger partial charge in [0.15, 0.2) is 5.76 Å². The van der Waals surface area contributed by atoms with Crippen molar-refractivity contribution < 1.29 is 19.1 Å². The van der Waals surface area contributed by atoms with Gasteiger partial charge in [-0.15, -0.1) is 0 Å². The Kier molecular flexibility index (Phi) is 4.91. The highest BCUT2D eigenvalue weighted by Crippen LogP contribution is 2.35. The van der Waals surface area contributed by atoms with Crippen LogP contribution in [0.4, 0.5) is 0 Å². The van der Waals surface area contributed by atoms with Crippen LogP contribution in [0.3, 0.4) is 0 Å². The fraction of sp³-hybridized carbons (Fsp3) is 0.0455. The second kappa shape index (κ2) is 7.66. The number of carbonyl (C=O) groups excluding carboxylic acids is 2. The van der Waals surface area contributed by atoms with Crippen LogP contribution in [-0.2, 0) is 11.2 Å². The lowest BCUT2D eigenvalue weighted by Gasteiger charge is -2.06. The van der Waals surface area contributed by atoms with E-state index in [-0.39, 0.29) is 18.0 Å². The van der Waals surface area contributed by atoms with Crippen molar-refractivity contribution in [2.75, 3.05) is 0 Å². The Labute approximate surface area is 166 Å². The fourth-order valence-electron chi connectivity index (χ4n) is 2.78. The third-order valence-corrected chi connectivity index (χ3v) is 4.37. The van der Waals surface area contributed by atoms with Gasteiger partial charge in [-0.3, -0.25) is 14.6 Å². The largest absolute Gasteiger partial charge is 0.452 e. The average Bonchev–Trinajstić information content (AvgIpc) is 2.99. The second-order valence-corrected chi connectivity index (χ2v) is 6.60. The van der Waals surface area contributed by atoms with E-state index in [0.29, 0.717) is 22.1 Å². The molecule has 5 nitrogen and oxygen atoms in total. The molecule has 2 heterocycles. The van der Waals surface area contributed by atoms with Crippen molar-refractivity contribution in [1.29, 1.82) is 0 Å². The van der Waals surface area contributed by atoms with Crippen molar-refractivity contribution in [3.63, 3.8) is 0 Å². The molecule has 0 atom stereocenters. The summed E-state index contributed by atoms with van der Waals surface area (Å²) in [6.45, 7) is 0. The molecule has 0 fully saturated rings. The van der Waals surface area contributed by atoms with Gasteiger partial charge in [-0.1, -0.05) is 29.8 Å². The van der Waals surface area contributed by atoms with Gasteiger partial charge in [-0.05, 0) is 47.5 Å². The van der Waals surface area contributed by atoms with E-state index in [1.807, 2.05) is 6.07 Å². The first-order chi connectivity index (χ1) is 13.6. The van der Waals surface area contributed by atoms with E-state index in [0.717, 1.165) is 11.1 Å². The summed E-state index contributed by atoms with van der Waals surface area (Å²) in [4.78, 5) is 28.6. The highest BCUT2D eigenvalue weighted by molar-refractivity contribution is 6.30. The van der Waals surface area contributed by atoms with Crippen LogP contribution in [0.25, 0.3) is 6.08 Å². The van der Waals surface area contributed by atoms with Gasteiger partial charge in [0.05, 0.1) is 12.0 Å². The van der Waals surface area contributed by atoms with Gasteiger partial charge in [0.25, 0.3) is 0 Å². The van der Waals surface area contributed by atoms with E-state index < -0.39 is 5.97 Å².